The Kier molecular flexibility index (Phi) is 5.59. The molecule has 8 nitrogen and oxygen atoms in total. The lowest BCUT2D eigenvalue weighted by Crippen LogP contribution is -2.19. The number of ether oxygens (including phenoxy) is 2. The molecule has 0 bridgehead atoms. The number of methoxy groups -OCH3 is 2. The molecule has 0 aliphatic rings. The zero-order valence-electron chi connectivity index (χ0n) is 17.2. The number of thiophene rings is 1. The molecule has 0 radical (unpaired) electrons. The number of carbonyl (C=O) groups excluding carboxylic acids is 1. The van der Waals surface area contributed by atoms with E-state index in [0.29, 0.717) is 28.7 Å². The lowest BCUT2D eigenvalue weighted by molar-refractivity contribution is 0.262. The van der Waals surface area contributed by atoms with Crippen molar-refractivity contribution in [1.29, 1.82) is 0 Å². The summed E-state index contributed by atoms with van der Waals surface area (Å²) < 4.78 is 10.5. The molecule has 2 aromatic heterocycles. The molecule has 4 N–H and O–H groups in total. The number of anilines is 3. The highest BCUT2D eigenvalue weighted by molar-refractivity contribution is 7.19. The fraction of sp³-hybridized carbons (Fsp3) is 0.136. The molecule has 0 unspecified atom stereocenters. The van der Waals surface area contributed by atoms with Gasteiger partial charge in [-0.15, -0.1) is 11.3 Å². The number of hydrogen-bond acceptors (Lipinski definition) is 7. The summed E-state index contributed by atoms with van der Waals surface area (Å²) in [5.74, 6) is 1.63. The zero-order valence-corrected chi connectivity index (χ0v) is 18.0. The van der Waals surface area contributed by atoms with Crippen LogP contribution in [0, 0.1) is 6.92 Å². The zero-order chi connectivity index (χ0) is 22.0. The van der Waals surface area contributed by atoms with Gasteiger partial charge in [0.15, 0.2) is 0 Å². The first-order chi connectivity index (χ1) is 15.0. The molecule has 0 aliphatic heterocycles. The molecule has 0 spiro atoms. The monoisotopic (exact) mass is 435 g/mol. The predicted molar refractivity (Wildman–Crippen MR) is 124 cm³/mol. The third kappa shape index (κ3) is 4.22. The van der Waals surface area contributed by atoms with Crippen LogP contribution in [0.25, 0.3) is 21.3 Å². The van der Waals surface area contributed by atoms with Crippen LogP contribution in [0.15, 0.2) is 48.8 Å². The Morgan fingerprint density at radius 3 is 2.26 bits per heavy atom. The van der Waals surface area contributed by atoms with Crippen molar-refractivity contribution in [1.82, 2.24) is 9.97 Å². The number of fused-ring (bicyclic) bond motifs is 1. The summed E-state index contributed by atoms with van der Waals surface area (Å²) in [6, 6.07) is 12.3. The lowest BCUT2D eigenvalue weighted by atomic mass is 10.0. The van der Waals surface area contributed by atoms with E-state index in [1.165, 1.54) is 6.33 Å². The summed E-state index contributed by atoms with van der Waals surface area (Å²) in [7, 11) is 3.11. The van der Waals surface area contributed by atoms with Gasteiger partial charge in [0.2, 0.25) is 0 Å². The molecule has 0 saturated carbocycles. The fourth-order valence-corrected chi connectivity index (χ4v) is 4.33. The first-order valence-electron chi connectivity index (χ1n) is 9.39. The summed E-state index contributed by atoms with van der Waals surface area (Å²) >= 11 is 1.58. The number of urea groups is 1. The Morgan fingerprint density at radius 2 is 1.61 bits per heavy atom. The van der Waals surface area contributed by atoms with Gasteiger partial charge in [-0.25, -0.2) is 14.8 Å². The molecule has 4 rings (SSSR count). The Morgan fingerprint density at radius 1 is 0.968 bits per heavy atom. The smallest absolute Gasteiger partial charge is 0.323 e. The van der Waals surface area contributed by atoms with Gasteiger partial charge < -0.3 is 25.8 Å². The van der Waals surface area contributed by atoms with E-state index in [4.69, 9.17) is 15.2 Å². The highest BCUT2D eigenvalue weighted by Gasteiger charge is 2.15. The van der Waals surface area contributed by atoms with Crippen molar-refractivity contribution in [2.45, 2.75) is 6.92 Å². The van der Waals surface area contributed by atoms with Gasteiger partial charge in [0.05, 0.1) is 19.6 Å². The summed E-state index contributed by atoms with van der Waals surface area (Å²) in [5.41, 5.74) is 9.29. The number of nitrogens with two attached hydrogens (primary N) is 1. The highest BCUT2D eigenvalue weighted by atomic mass is 32.1. The minimum absolute atomic E-state index is 0.377. The van der Waals surface area contributed by atoms with E-state index in [0.717, 1.165) is 26.2 Å². The van der Waals surface area contributed by atoms with Gasteiger partial charge in [-0.1, -0.05) is 12.1 Å². The van der Waals surface area contributed by atoms with Gasteiger partial charge in [0.1, 0.15) is 28.5 Å². The molecule has 9 heteroatoms. The van der Waals surface area contributed by atoms with Gasteiger partial charge in [0.25, 0.3) is 0 Å². The van der Waals surface area contributed by atoms with Crippen LogP contribution in [0.4, 0.5) is 22.0 Å². The molecule has 0 fully saturated rings. The van der Waals surface area contributed by atoms with E-state index < -0.39 is 0 Å². The molecule has 0 saturated heterocycles. The number of aryl methyl sites for hydroxylation is 1. The van der Waals surface area contributed by atoms with Crippen molar-refractivity contribution in [3.63, 3.8) is 0 Å². The maximum absolute atomic E-state index is 12.4. The molecule has 2 amide bonds. The van der Waals surface area contributed by atoms with E-state index >= 15 is 0 Å². The second kappa shape index (κ2) is 8.49. The van der Waals surface area contributed by atoms with Gasteiger partial charge >= 0.3 is 6.03 Å². The van der Waals surface area contributed by atoms with E-state index in [9.17, 15) is 4.79 Å². The average Bonchev–Trinajstić information content (AvgIpc) is 3.11. The van der Waals surface area contributed by atoms with Gasteiger partial charge in [-0.2, -0.15) is 0 Å². The Balaban J connectivity index is 1.52. The molecule has 158 valence electrons. The molecule has 31 heavy (non-hydrogen) atoms. The molecular formula is C22H21N5O3S. The van der Waals surface area contributed by atoms with E-state index in [1.807, 2.05) is 31.2 Å². The first kappa shape index (κ1) is 20.4. The van der Waals surface area contributed by atoms with Crippen molar-refractivity contribution >= 4 is 44.8 Å². The maximum atomic E-state index is 12.4. The maximum Gasteiger partial charge on any atom is 0.323 e. The number of hydrogen-bond donors (Lipinski definition) is 3. The number of amides is 2. The Bertz CT molecular complexity index is 1230. The van der Waals surface area contributed by atoms with Crippen molar-refractivity contribution in [2.75, 3.05) is 30.6 Å². The molecule has 2 aromatic carbocycles. The topological polar surface area (TPSA) is 111 Å². The van der Waals surface area contributed by atoms with Crippen molar-refractivity contribution in [3.05, 3.63) is 53.7 Å². The average molecular weight is 436 g/mol. The van der Waals surface area contributed by atoms with E-state index in [1.54, 1.807) is 43.8 Å². The van der Waals surface area contributed by atoms with Gasteiger partial charge in [-0.3, -0.25) is 0 Å². The van der Waals surface area contributed by atoms with Crippen LogP contribution < -0.4 is 25.8 Å². The van der Waals surface area contributed by atoms with Gasteiger partial charge in [0, 0.05) is 40.0 Å². The van der Waals surface area contributed by atoms with E-state index in [2.05, 4.69) is 20.6 Å². The number of nitrogens with one attached hydrogen (secondary N) is 2. The molecule has 2 heterocycles. The van der Waals surface area contributed by atoms with Crippen LogP contribution >= 0.6 is 11.3 Å². The predicted octanol–water partition coefficient (Wildman–Crippen LogP) is 4.91. The SMILES string of the molecule is COc1cc(NC(=O)Nc2ccc(-c3c(C)sc4ncnc(N)c34)cc2)cc(OC)c1. The third-order valence-electron chi connectivity index (χ3n) is 4.73. The number of rotatable bonds is 5. The minimum atomic E-state index is -0.377. The molecule has 4 aromatic rings. The number of nitrogen functional groups attached to an aromatic ring is 1. The summed E-state index contributed by atoms with van der Waals surface area (Å²) in [6.45, 7) is 2.03. The van der Waals surface area contributed by atoms with Crippen LogP contribution in [0.3, 0.4) is 0 Å². The number of nitrogens with zero attached hydrogens (tertiary/aromatic N) is 2. The number of benzene rings is 2. The summed E-state index contributed by atoms with van der Waals surface area (Å²) in [6.07, 6.45) is 1.47. The van der Waals surface area contributed by atoms with Crippen molar-refractivity contribution in [3.8, 4) is 22.6 Å². The summed E-state index contributed by atoms with van der Waals surface area (Å²) in [4.78, 5) is 22.8. The Labute approximate surface area is 183 Å². The number of carbonyl (C=O) groups is 1. The minimum Gasteiger partial charge on any atom is -0.497 e. The van der Waals surface area contributed by atoms with Crippen molar-refractivity contribution in [2.24, 2.45) is 0 Å². The fourth-order valence-electron chi connectivity index (χ4n) is 3.31. The largest absolute Gasteiger partial charge is 0.497 e. The van der Waals surface area contributed by atoms with Crippen LogP contribution in [-0.2, 0) is 0 Å². The second-order valence-corrected chi connectivity index (χ2v) is 7.93. The van der Waals surface area contributed by atoms with Crippen LogP contribution in [0.1, 0.15) is 4.88 Å². The normalized spacial score (nSPS) is 10.7. The number of aromatic nitrogens is 2. The Hall–Kier alpha value is -3.85. The molecule has 0 aliphatic carbocycles. The van der Waals surface area contributed by atoms with Crippen molar-refractivity contribution < 1.29 is 14.3 Å². The van der Waals surface area contributed by atoms with Gasteiger partial charge in [-0.05, 0) is 24.6 Å². The third-order valence-corrected chi connectivity index (χ3v) is 5.75. The first-order valence-corrected chi connectivity index (χ1v) is 10.2. The summed E-state index contributed by atoms with van der Waals surface area (Å²) in [5, 5.41) is 6.46. The quantitative estimate of drug-likeness (QED) is 0.411. The lowest BCUT2D eigenvalue weighted by Gasteiger charge is -2.11. The van der Waals surface area contributed by atoms with E-state index in [-0.39, 0.29) is 6.03 Å². The highest BCUT2D eigenvalue weighted by Crippen LogP contribution is 2.39. The van der Waals surface area contributed by atoms with Crippen LogP contribution in [0.2, 0.25) is 0 Å². The standard InChI is InChI=1S/C22H21N5O3S/c1-12-18(19-20(23)24-11-25-21(19)31-12)13-4-6-14(7-5-13)26-22(28)27-15-8-16(29-2)10-17(9-15)30-3/h4-11H,1-3H3,(H2,23,24,25)(H2,26,27,28). The second-order valence-electron chi connectivity index (χ2n) is 6.73. The molecular weight excluding hydrogens is 414 g/mol. The van der Waals surface area contributed by atoms with Crippen LogP contribution in [0.5, 0.6) is 11.5 Å². The molecule has 0 atom stereocenters. The van der Waals surface area contributed by atoms with Crippen LogP contribution in [-0.4, -0.2) is 30.2 Å².